The van der Waals surface area contributed by atoms with E-state index in [4.69, 9.17) is 14.2 Å². The summed E-state index contributed by atoms with van der Waals surface area (Å²) < 4.78 is 20.4. The van der Waals surface area contributed by atoms with Crippen molar-refractivity contribution in [1.82, 2.24) is 9.97 Å². The Morgan fingerprint density at radius 3 is 1.11 bits per heavy atom. The molecule has 1 aliphatic rings. The lowest BCUT2D eigenvalue weighted by atomic mass is 9.80. The van der Waals surface area contributed by atoms with E-state index in [0.29, 0.717) is 25.0 Å². The largest absolute Gasteiger partial charge is 0.507 e. The third-order valence-electron chi connectivity index (χ3n) is 12.3. The molecule has 64 heavy (non-hydrogen) atoms. The number of aromatic hydroxyl groups is 2. The van der Waals surface area contributed by atoms with E-state index in [9.17, 15) is 10.2 Å². The maximum absolute atomic E-state index is 12.6. The van der Waals surface area contributed by atoms with Crippen molar-refractivity contribution >= 4 is 0 Å². The Bertz CT molecular complexity index is 2610. The molecule has 4 aromatic carbocycles. The second-order valence-corrected chi connectivity index (χ2v) is 21.8. The molecule has 336 valence electrons. The van der Waals surface area contributed by atoms with Gasteiger partial charge >= 0.3 is 0 Å². The fraction of sp³-hybridized carbons (Fsp3) is 0.404. The van der Waals surface area contributed by atoms with Gasteiger partial charge < -0.3 is 24.4 Å². The summed E-state index contributed by atoms with van der Waals surface area (Å²) in [5.74, 6) is 1.90. The van der Waals surface area contributed by atoms with E-state index in [1.165, 1.54) is 0 Å². The smallest absolute Gasteiger partial charge is 0.130 e. The first-order valence-electron chi connectivity index (χ1n) is 22.7. The van der Waals surface area contributed by atoms with Crippen molar-refractivity contribution in [2.24, 2.45) is 0 Å². The van der Waals surface area contributed by atoms with E-state index in [0.717, 1.165) is 83.9 Å². The van der Waals surface area contributed by atoms with E-state index in [1.54, 1.807) is 12.4 Å². The third-order valence-corrected chi connectivity index (χ3v) is 12.3. The van der Waals surface area contributed by atoms with Crippen LogP contribution >= 0.6 is 0 Å². The molecule has 7 nitrogen and oxygen atoms in total. The molecule has 0 atom stereocenters. The van der Waals surface area contributed by atoms with Gasteiger partial charge in [0.2, 0.25) is 0 Å². The number of ether oxygens (including phenoxy) is 3. The molecular weight excluding hydrogens is 793 g/mol. The Morgan fingerprint density at radius 2 is 0.750 bits per heavy atom. The highest BCUT2D eigenvalue weighted by Gasteiger charge is 2.28. The molecule has 0 amide bonds. The van der Waals surface area contributed by atoms with Gasteiger partial charge in [0.1, 0.15) is 36.2 Å². The lowest BCUT2D eigenvalue weighted by Crippen LogP contribution is -2.16. The maximum atomic E-state index is 12.6. The van der Waals surface area contributed by atoms with E-state index in [1.807, 2.05) is 36.4 Å². The average Bonchev–Trinajstić information content (AvgIpc) is 3.21. The van der Waals surface area contributed by atoms with Gasteiger partial charge in [-0.3, -0.25) is 9.97 Å². The molecule has 0 aliphatic carbocycles. The fourth-order valence-corrected chi connectivity index (χ4v) is 8.29. The molecule has 7 rings (SSSR count). The molecule has 0 saturated heterocycles. The van der Waals surface area contributed by atoms with E-state index in [2.05, 4.69) is 142 Å². The van der Waals surface area contributed by atoms with Crippen molar-refractivity contribution in [1.29, 1.82) is 0 Å². The summed E-state index contributed by atoms with van der Waals surface area (Å²) >= 11 is 0. The molecule has 0 fully saturated rings. The number of nitrogens with zero attached hydrogens (tertiary/aromatic N) is 2. The van der Waals surface area contributed by atoms with Crippen molar-refractivity contribution in [3.8, 4) is 23.0 Å². The topological polar surface area (TPSA) is 93.9 Å². The molecule has 6 aromatic rings. The van der Waals surface area contributed by atoms with Gasteiger partial charge in [-0.2, -0.15) is 0 Å². The van der Waals surface area contributed by atoms with Crippen LogP contribution in [-0.2, 0) is 72.1 Å². The summed E-state index contributed by atoms with van der Waals surface area (Å²) in [6.07, 6.45) is 4.82. The van der Waals surface area contributed by atoms with Crippen molar-refractivity contribution in [3.63, 3.8) is 0 Å². The molecule has 0 radical (unpaired) electrons. The average molecular weight is 861 g/mol. The Balaban J connectivity index is 1.51. The number of benzene rings is 4. The molecule has 2 aromatic heterocycles. The van der Waals surface area contributed by atoms with Crippen LogP contribution in [-0.4, -0.2) is 20.2 Å². The van der Waals surface area contributed by atoms with Crippen LogP contribution in [0.15, 0.2) is 97.3 Å². The summed E-state index contributed by atoms with van der Waals surface area (Å²) in [5, 5.41) is 24.9. The molecular formula is C57H68N2O5. The maximum Gasteiger partial charge on any atom is 0.130 e. The van der Waals surface area contributed by atoms with Crippen molar-refractivity contribution < 1.29 is 24.4 Å². The van der Waals surface area contributed by atoms with Gasteiger partial charge in [0, 0.05) is 42.8 Å². The van der Waals surface area contributed by atoms with Gasteiger partial charge in [-0.05, 0) is 114 Å². The summed E-state index contributed by atoms with van der Waals surface area (Å²) in [5.41, 5.74) is 12.2. The third kappa shape index (κ3) is 10.8. The second-order valence-electron chi connectivity index (χ2n) is 21.8. The highest BCUT2D eigenvalue weighted by molar-refractivity contribution is 5.57. The lowest BCUT2D eigenvalue weighted by Gasteiger charge is -2.27. The number of pyridine rings is 2. The Kier molecular flexibility index (Phi) is 13.1. The van der Waals surface area contributed by atoms with Crippen molar-refractivity contribution in [2.45, 2.75) is 150 Å². The number of hydrogen-bond acceptors (Lipinski definition) is 7. The van der Waals surface area contributed by atoms with E-state index < -0.39 is 0 Å². The molecule has 0 spiro atoms. The molecule has 3 heterocycles. The van der Waals surface area contributed by atoms with Gasteiger partial charge in [-0.15, -0.1) is 0 Å². The molecule has 0 unspecified atom stereocenters. The second kappa shape index (κ2) is 18.1. The Morgan fingerprint density at radius 1 is 0.438 bits per heavy atom. The number of fused-ring (bicyclic) bond motifs is 8. The first-order chi connectivity index (χ1) is 30.0. The normalized spacial score (nSPS) is 13.8. The number of phenols is 2. The zero-order valence-corrected chi connectivity index (χ0v) is 40.2. The highest BCUT2D eigenvalue weighted by Crippen LogP contribution is 2.43. The quantitative estimate of drug-likeness (QED) is 0.172. The highest BCUT2D eigenvalue weighted by atomic mass is 16.5. The summed E-state index contributed by atoms with van der Waals surface area (Å²) in [4.78, 5) is 9.17. The van der Waals surface area contributed by atoms with E-state index >= 15 is 0 Å². The number of phenolic OH excluding ortho intramolecular Hbond substituents is 2. The predicted molar refractivity (Wildman–Crippen MR) is 258 cm³/mol. The number of rotatable bonds is 6. The minimum Gasteiger partial charge on any atom is -0.507 e. The molecule has 1 aliphatic heterocycles. The van der Waals surface area contributed by atoms with Crippen molar-refractivity contribution in [3.05, 3.63) is 175 Å². The van der Waals surface area contributed by atoms with Crippen LogP contribution in [0.3, 0.4) is 0 Å². The molecule has 2 N–H and O–H groups in total. The molecule has 0 saturated carbocycles. The summed E-state index contributed by atoms with van der Waals surface area (Å²) in [6, 6.07) is 29.1. The van der Waals surface area contributed by atoms with Crippen LogP contribution in [0, 0.1) is 0 Å². The van der Waals surface area contributed by atoms with Crippen LogP contribution in [0.25, 0.3) is 0 Å². The fourth-order valence-electron chi connectivity index (χ4n) is 8.29. The van der Waals surface area contributed by atoms with E-state index in [-0.39, 0.29) is 59.6 Å². The Hall–Kier alpha value is -5.66. The van der Waals surface area contributed by atoms with Crippen LogP contribution in [0.5, 0.6) is 23.0 Å². The lowest BCUT2D eigenvalue weighted by molar-refractivity contribution is 0.102. The number of aromatic nitrogens is 2. The van der Waals surface area contributed by atoms with Crippen LogP contribution in [0.4, 0.5) is 0 Å². The van der Waals surface area contributed by atoms with Crippen molar-refractivity contribution in [2.75, 3.05) is 0 Å². The zero-order valence-electron chi connectivity index (χ0n) is 40.2. The van der Waals surface area contributed by atoms with Crippen LogP contribution in [0.2, 0.25) is 0 Å². The first kappa shape index (κ1) is 46.3. The van der Waals surface area contributed by atoms with Crippen LogP contribution in [0.1, 0.15) is 161 Å². The first-order valence-corrected chi connectivity index (χ1v) is 22.7. The van der Waals surface area contributed by atoms with Gasteiger partial charge in [0.25, 0.3) is 0 Å². The minimum atomic E-state index is -0.219. The minimum absolute atomic E-state index is 0.186. The summed E-state index contributed by atoms with van der Waals surface area (Å²) in [7, 11) is 0. The number of hydrogen-bond donors (Lipinski definition) is 2. The van der Waals surface area contributed by atoms with Gasteiger partial charge in [0.15, 0.2) is 0 Å². The van der Waals surface area contributed by atoms with Gasteiger partial charge in [-0.1, -0.05) is 132 Å². The monoisotopic (exact) mass is 861 g/mol. The van der Waals surface area contributed by atoms with Crippen LogP contribution < -0.4 is 9.47 Å². The van der Waals surface area contributed by atoms with Gasteiger partial charge in [0.05, 0.1) is 24.6 Å². The zero-order chi connectivity index (χ0) is 46.2. The predicted octanol–water partition coefficient (Wildman–Crippen LogP) is 13.0. The SMILES string of the molecule is CC(C)(C)c1cc2c(O)c(c1)Cc1cc(C(C)(C)C)cc(c1OCc1ccccn1)Cc1cc(C(C)(C)C)cc(c1O)Cc1cc(C(C)(C)C)cc(c1OCc1ccccn1)COC2. The Labute approximate surface area is 381 Å². The molecule has 7 heteroatoms. The summed E-state index contributed by atoms with van der Waals surface area (Å²) in [6.45, 7) is 27.5. The standard InChI is InChI=1S/C57H68N2O5/c1-54(2,3)44-24-36-21-39-27-46(56(7,8)9)28-40(52(39)63-34-48-17-13-15-19-58-48)23-38-26-45(55(4,5)6)30-42(51(38)61)32-62-33-43-31-47(57(10,11)12)29-41(22-37(25-44)50(36)60)53(43)64-35-49-18-14-16-20-59-49/h13-20,24-31,60-61H,21-23,32-35H2,1-12H3. The molecule has 8 bridgehead atoms. The van der Waals surface area contributed by atoms with Gasteiger partial charge in [-0.25, -0.2) is 0 Å².